The second kappa shape index (κ2) is 6.16. The number of nitrogens with zero attached hydrogens (tertiary/aromatic N) is 3. The number of hydrogen-bond acceptors (Lipinski definition) is 3. The van der Waals surface area contributed by atoms with Crippen LogP contribution in [0.2, 0.25) is 0 Å². The van der Waals surface area contributed by atoms with E-state index in [-0.39, 0.29) is 19.1 Å². The average Bonchev–Trinajstić information content (AvgIpc) is 3.05. The molecule has 1 fully saturated rings. The fourth-order valence-electron chi connectivity index (χ4n) is 3.04. The Hall–Kier alpha value is -1.95. The third kappa shape index (κ3) is 3.15. The van der Waals surface area contributed by atoms with Crippen molar-refractivity contribution in [2.75, 3.05) is 13.1 Å². The second-order valence-electron chi connectivity index (χ2n) is 7.40. The smallest absolute Gasteiger partial charge is 0.228 e. The summed E-state index contributed by atoms with van der Waals surface area (Å²) in [5.74, 6) is 0.711. The number of fused-ring (bicyclic) bond motifs is 1. The molecule has 2 heterocycles. The van der Waals surface area contributed by atoms with E-state index in [9.17, 15) is 9.18 Å². The molecule has 5 nitrogen and oxygen atoms in total. The molecule has 1 aromatic heterocycles. The van der Waals surface area contributed by atoms with Gasteiger partial charge in [0.25, 0.3) is 0 Å². The fraction of sp³-hybridized carbons (Fsp3) is 0.556. The highest BCUT2D eigenvalue weighted by molar-refractivity contribution is 5.82. The molecule has 0 saturated carbocycles. The number of para-hydroxylation sites is 2. The number of carbonyl (C=O) groups excluding carboxylic acids is 1. The number of halogens is 1. The molecule has 2 aromatic rings. The lowest BCUT2D eigenvalue weighted by atomic mass is 9.95. The number of aromatic nitrogens is 2. The predicted octanol–water partition coefficient (Wildman–Crippen LogP) is 2.68. The number of hydrogen-bond donors (Lipinski definition) is 0. The molecule has 1 aromatic carbocycles. The van der Waals surface area contributed by atoms with E-state index in [1.165, 1.54) is 0 Å². The van der Waals surface area contributed by atoms with Gasteiger partial charge in [0.15, 0.2) is 0 Å². The van der Waals surface area contributed by atoms with Crippen LogP contribution in [0, 0.1) is 5.41 Å². The third-order valence-electron chi connectivity index (χ3n) is 4.43. The van der Waals surface area contributed by atoms with Gasteiger partial charge in [0, 0.05) is 19.0 Å². The molecule has 2 atom stereocenters. The summed E-state index contributed by atoms with van der Waals surface area (Å²) in [6.07, 6.45) is -1.76. The van der Waals surface area contributed by atoms with Crippen LogP contribution in [0.4, 0.5) is 4.39 Å². The monoisotopic (exact) mass is 333 g/mol. The number of imidazole rings is 1. The summed E-state index contributed by atoms with van der Waals surface area (Å²) in [4.78, 5) is 18.4. The van der Waals surface area contributed by atoms with Crippen LogP contribution in [0.15, 0.2) is 24.3 Å². The summed E-state index contributed by atoms with van der Waals surface area (Å²) < 4.78 is 22.0. The first-order valence-corrected chi connectivity index (χ1v) is 8.23. The maximum atomic E-state index is 14.2. The van der Waals surface area contributed by atoms with Gasteiger partial charge in [0.2, 0.25) is 5.91 Å². The molecule has 0 bridgehead atoms. The highest BCUT2D eigenvalue weighted by atomic mass is 19.1. The molecule has 0 radical (unpaired) electrons. The van der Waals surface area contributed by atoms with E-state index in [0.717, 1.165) is 16.9 Å². The van der Waals surface area contributed by atoms with E-state index in [1.54, 1.807) is 4.90 Å². The van der Waals surface area contributed by atoms with Crippen molar-refractivity contribution in [1.82, 2.24) is 14.5 Å². The van der Waals surface area contributed by atoms with Crippen LogP contribution in [0.3, 0.4) is 0 Å². The Morgan fingerprint density at radius 1 is 1.33 bits per heavy atom. The van der Waals surface area contributed by atoms with Gasteiger partial charge in [0.1, 0.15) is 24.7 Å². The predicted molar refractivity (Wildman–Crippen MR) is 90.2 cm³/mol. The maximum Gasteiger partial charge on any atom is 0.228 e. The lowest BCUT2D eigenvalue weighted by Crippen LogP contribution is -2.38. The summed E-state index contributed by atoms with van der Waals surface area (Å²) in [6, 6.07) is 7.82. The lowest BCUT2D eigenvalue weighted by molar-refractivity contribution is -0.139. The molecule has 1 aliphatic heterocycles. The molecular formula is C18H24FN3O2. The zero-order valence-electron chi connectivity index (χ0n) is 14.6. The van der Waals surface area contributed by atoms with Gasteiger partial charge in [-0.2, -0.15) is 0 Å². The standard InChI is InChI=1S/C18H24FN3O2/c1-18(2,3)17(23)22-9-12(19)15(10-22)24-11-16-20-13-7-5-6-8-14(13)21(16)4/h5-8,12,15H,9-11H2,1-4H3/t12-,15+/m1/s1. The van der Waals surface area contributed by atoms with Crippen molar-refractivity contribution in [2.45, 2.75) is 39.7 Å². The van der Waals surface area contributed by atoms with Crippen LogP contribution >= 0.6 is 0 Å². The van der Waals surface area contributed by atoms with Crippen LogP contribution in [0.5, 0.6) is 0 Å². The second-order valence-corrected chi connectivity index (χ2v) is 7.40. The van der Waals surface area contributed by atoms with Gasteiger partial charge in [-0.1, -0.05) is 32.9 Å². The molecule has 0 aliphatic carbocycles. The molecule has 0 unspecified atom stereocenters. The number of likely N-dealkylation sites (tertiary alicyclic amines) is 1. The summed E-state index contributed by atoms with van der Waals surface area (Å²) in [7, 11) is 1.92. The molecule has 24 heavy (non-hydrogen) atoms. The zero-order valence-corrected chi connectivity index (χ0v) is 14.6. The number of alkyl halides is 1. The summed E-state index contributed by atoms with van der Waals surface area (Å²) >= 11 is 0. The van der Waals surface area contributed by atoms with E-state index < -0.39 is 17.7 Å². The molecule has 3 rings (SSSR count). The number of benzene rings is 1. The first-order chi connectivity index (χ1) is 11.3. The van der Waals surface area contributed by atoms with Gasteiger partial charge in [-0.05, 0) is 12.1 Å². The van der Waals surface area contributed by atoms with E-state index >= 15 is 0 Å². The van der Waals surface area contributed by atoms with Gasteiger partial charge < -0.3 is 14.2 Å². The molecule has 1 saturated heterocycles. The number of carbonyl (C=O) groups is 1. The summed E-state index contributed by atoms with van der Waals surface area (Å²) in [6.45, 7) is 6.15. The van der Waals surface area contributed by atoms with E-state index in [1.807, 2.05) is 56.7 Å². The molecular weight excluding hydrogens is 309 g/mol. The van der Waals surface area contributed by atoms with Crippen molar-refractivity contribution in [3.8, 4) is 0 Å². The van der Waals surface area contributed by atoms with Crippen molar-refractivity contribution in [3.63, 3.8) is 0 Å². The van der Waals surface area contributed by atoms with Gasteiger partial charge >= 0.3 is 0 Å². The Morgan fingerprint density at radius 3 is 2.71 bits per heavy atom. The summed E-state index contributed by atoms with van der Waals surface area (Å²) in [5.41, 5.74) is 1.40. The van der Waals surface area contributed by atoms with Crippen LogP contribution in [-0.2, 0) is 23.2 Å². The van der Waals surface area contributed by atoms with Crippen LogP contribution < -0.4 is 0 Å². The Bertz CT molecular complexity index is 750. The van der Waals surface area contributed by atoms with Gasteiger partial charge in [0.05, 0.1) is 17.6 Å². The fourth-order valence-corrected chi connectivity index (χ4v) is 3.04. The minimum atomic E-state index is -1.16. The van der Waals surface area contributed by atoms with Crippen molar-refractivity contribution < 1.29 is 13.9 Å². The van der Waals surface area contributed by atoms with Gasteiger partial charge in [-0.3, -0.25) is 4.79 Å². The normalized spacial score (nSPS) is 21.6. The number of amides is 1. The highest BCUT2D eigenvalue weighted by Gasteiger charge is 2.39. The Balaban J connectivity index is 1.66. The van der Waals surface area contributed by atoms with Gasteiger partial charge in [-0.15, -0.1) is 0 Å². The van der Waals surface area contributed by atoms with Crippen LogP contribution in [-0.4, -0.2) is 45.7 Å². The first-order valence-electron chi connectivity index (χ1n) is 8.23. The van der Waals surface area contributed by atoms with Crippen molar-refractivity contribution in [3.05, 3.63) is 30.1 Å². The molecule has 130 valence electrons. The molecule has 0 spiro atoms. The largest absolute Gasteiger partial charge is 0.365 e. The minimum Gasteiger partial charge on any atom is -0.365 e. The van der Waals surface area contributed by atoms with E-state index in [4.69, 9.17) is 4.74 Å². The molecule has 0 N–H and O–H groups in total. The quantitative estimate of drug-likeness (QED) is 0.868. The molecule has 1 aliphatic rings. The van der Waals surface area contributed by atoms with E-state index in [0.29, 0.717) is 6.54 Å². The number of ether oxygens (including phenoxy) is 1. The van der Waals surface area contributed by atoms with Crippen molar-refractivity contribution in [1.29, 1.82) is 0 Å². The third-order valence-corrected chi connectivity index (χ3v) is 4.43. The highest BCUT2D eigenvalue weighted by Crippen LogP contribution is 2.25. The van der Waals surface area contributed by atoms with Crippen LogP contribution in [0.25, 0.3) is 11.0 Å². The topological polar surface area (TPSA) is 47.4 Å². The van der Waals surface area contributed by atoms with Crippen molar-refractivity contribution >= 4 is 16.9 Å². The maximum absolute atomic E-state index is 14.2. The van der Waals surface area contributed by atoms with Crippen molar-refractivity contribution in [2.24, 2.45) is 12.5 Å². The lowest BCUT2D eigenvalue weighted by Gasteiger charge is -2.25. The molecule has 1 amide bonds. The average molecular weight is 333 g/mol. The van der Waals surface area contributed by atoms with Gasteiger partial charge in [-0.25, -0.2) is 9.37 Å². The zero-order chi connectivity index (χ0) is 17.5. The Labute approximate surface area is 141 Å². The Morgan fingerprint density at radius 2 is 2.04 bits per heavy atom. The number of rotatable bonds is 3. The molecule has 6 heteroatoms. The Kier molecular flexibility index (Phi) is 4.34. The first kappa shape index (κ1) is 16.9. The number of aryl methyl sites for hydroxylation is 1. The summed E-state index contributed by atoms with van der Waals surface area (Å²) in [5, 5.41) is 0. The SMILES string of the molecule is Cn1c(CO[C@H]2CN(C(=O)C(C)(C)C)C[C@H]2F)nc2ccccc21. The van der Waals surface area contributed by atoms with Crippen LogP contribution in [0.1, 0.15) is 26.6 Å². The minimum absolute atomic E-state index is 0.0426. The van der Waals surface area contributed by atoms with E-state index in [2.05, 4.69) is 4.98 Å².